The molecule has 2 aromatic heterocycles. The number of ether oxygens (including phenoxy) is 2. The summed E-state index contributed by atoms with van der Waals surface area (Å²) in [5, 5.41) is 0.883. The average molecular weight is 397 g/mol. The Morgan fingerprint density at radius 2 is 1.85 bits per heavy atom. The number of nitrogens with zero attached hydrogens (tertiary/aromatic N) is 2. The van der Waals surface area contributed by atoms with E-state index in [0.717, 1.165) is 0 Å². The van der Waals surface area contributed by atoms with Crippen molar-refractivity contribution in [3.05, 3.63) is 50.7 Å². The van der Waals surface area contributed by atoms with Crippen molar-refractivity contribution in [3.63, 3.8) is 0 Å². The van der Waals surface area contributed by atoms with Crippen LogP contribution in [0.5, 0.6) is 11.5 Å². The number of pyridine rings is 2. The van der Waals surface area contributed by atoms with Gasteiger partial charge in [0.05, 0.1) is 30.3 Å². The maximum atomic E-state index is 15.0. The number of halogens is 3. The molecule has 0 aliphatic carbocycles. The second kappa shape index (κ2) is 7.13. The molecule has 3 rings (SSSR count). The van der Waals surface area contributed by atoms with Crippen molar-refractivity contribution in [3.8, 4) is 22.6 Å². The Kier molecular flexibility index (Phi) is 5.07. The van der Waals surface area contributed by atoms with Crippen molar-refractivity contribution in [1.29, 1.82) is 0 Å². The average Bonchev–Trinajstić information content (AvgIpc) is 2.63. The first-order valence-electron chi connectivity index (χ1n) is 7.72. The van der Waals surface area contributed by atoms with Crippen LogP contribution in [0.2, 0.25) is 10.2 Å². The van der Waals surface area contributed by atoms with Crippen molar-refractivity contribution in [2.75, 3.05) is 14.2 Å². The van der Waals surface area contributed by atoms with Gasteiger partial charge < -0.3 is 14.0 Å². The van der Waals surface area contributed by atoms with Gasteiger partial charge in [0.1, 0.15) is 10.9 Å². The third kappa shape index (κ3) is 2.89. The third-order valence-electron chi connectivity index (χ3n) is 4.10. The highest BCUT2D eigenvalue weighted by atomic mass is 35.5. The van der Waals surface area contributed by atoms with Gasteiger partial charge in [0.2, 0.25) is 0 Å². The first-order chi connectivity index (χ1) is 12.4. The van der Waals surface area contributed by atoms with Crippen molar-refractivity contribution >= 4 is 34.1 Å². The fourth-order valence-electron chi connectivity index (χ4n) is 2.86. The Morgan fingerprint density at radius 3 is 2.46 bits per heavy atom. The van der Waals surface area contributed by atoms with E-state index < -0.39 is 11.4 Å². The van der Waals surface area contributed by atoms with Gasteiger partial charge in [0, 0.05) is 29.8 Å². The summed E-state index contributed by atoms with van der Waals surface area (Å²) in [7, 11) is 2.73. The molecule has 26 heavy (non-hydrogen) atoms. The third-order valence-corrected chi connectivity index (χ3v) is 4.69. The number of hydrogen-bond donors (Lipinski definition) is 0. The Bertz CT molecular complexity index is 1040. The summed E-state index contributed by atoms with van der Waals surface area (Å²) >= 11 is 12.3. The van der Waals surface area contributed by atoms with Crippen LogP contribution in [-0.2, 0) is 6.54 Å². The van der Waals surface area contributed by atoms with Crippen LogP contribution in [0.25, 0.3) is 22.0 Å². The van der Waals surface area contributed by atoms with Crippen LogP contribution in [0.3, 0.4) is 0 Å². The number of aromatic nitrogens is 2. The molecule has 0 amide bonds. The molecule has 0 saturated heterocycles. The normalized spacial score (nSPS) is 11.0. The molecule has 136 valence electrons. The number of fused-ring (bicyclic) bond motifs is 1. The molecule has 1 aromatic carbocycles. The van der Waals surface area contributed by atoms with Crippen molar-refractivity contribution in [1.82, 2.24) is 9.55 Å². The smallest absolute Gasteiger partial charge is 0.259 e. The zero-order valence-corrected chi connectivity index (χ0v) is 15.8. The van der Waals surface area contributed by atoms with Gasteiger partial charge >= 0.3 is 0 Å². The first kappa shape index (κ1) is 18.5. The molecule has 0 saturated carbocycles. The maximum Gasteiger partial charge on any atom is 0.259 e. The van der Waals surface area contributed by atoms with Crippen LogP contribution in [-0.4, -0.2) is 23.8 Å². The molecule has 2 heterocycles. The van der Waals surface area contributed by atoms with Crippen molar-refractivity contribution < 1.29 is 13.9 Å². The zero-order chi connectivity index (χ0) is 19.0. The lowest BCUT2D eigenvalue weighted by molar-refractivity contribution is 0.375. The molecule has 0 unspecified atom stereocenters. The van der Waals surface area contributed by atoms with E-state index in [-0.39, 0.29) is 32.8 Å². The van der Waals surface area contributed by atoms with Crippen molar-refractivity contribution in [2.24, 2.45) is 0 Å². The highest BCUT2D eigenvalue weighted by molar-refractivity contribution is 6.35. The number of benzene rings is 1. The van der Waals surface area contributed by atoms with Crippen LogP contribution in [0.4, 0.5) is 4.39 Å². The molecule has 0 atom stereocenters. The molecule has 0 bridgehead atoms. The molecular formula is C18H15Cl2FN2O3. The Balaban J connectivity index is 2.45. The molecule has 8 heteroatoms. The van der Waals surface area contributed by atoms with Gasteiger partial charge in [-0.05, 0) is 19.1 Å². The summed E-state index contributed by atoms with van der Waals surface area (Å²) in [6, 6.07) is 4.47. The predicted octanol–water partition coefficient (Wildman–Crippen LogP) is 4.55. The van der Waals surface area contributed by atoms with Gasteiger partial charge in [0.15, 0.2) is 11.6 Å². The fraction of sp³-hybridized carbons (Fsp3) is 0.222. The van der Waals surface area contributed by atoms with Gasteiger partial charge in [0.25, 0.3) is 5.56 Å². The Labute approximate surface area is 158 Å². The van der Waals surface area contributed by atoms with Gasteiger partial charge in [-0.2, -0.15) is 0 Å². The molecule has 0 aliphatic heterocycles. The molecule has 0 radical (unpaired) electrons. The predicted molar refractivity (Wildman–Crippen MR) is 100 cm³/mol. The molecule has 0 aliphatic rings. The van der Waals surface area contributed by atoms with E-state index in [1.165, 1.54) is 37.1 Å². The fourth-order valence-corrected chi connectivity index (χ4v) is 3.33. The summed E-state index contributed by atoms with van der Waals surface area (Å²) < 4.78 is 26.7. The van der Waals surface area contributed by atoms with E-state index in [1.807, 2.05) is 6.92 Å². The lowest BCUT2D eigenvalue weighted by Crippen LogP contribution is -2.22. The Hall–Kier alpha value is -2.31. The minimum absolute atomic E-state index is 0.00757. The summed E-state index contributed by atoms with van der Waals surface area (Å²) in [5.41, 5.74) is 0.209. The molecule has 0 fully saturated rings. The zero-order valence-electron chi connectivity index (χ0n) is 14.3. The van der Waals surface area contributed by atoms with E-state index in [4.69, 9.17) is 32.7 Å². The monoisotopic (exact) mass is 396 g/mol. The number of aryl methyl sites for hydroxylation is 1. The maximum absolute atomic E-state index is 15.0. The minimum Gasteiger partial charge on any atom is -0.495 e. The number of methoxy groups -OCH3 is 2. The second-order valence-corrected chi connectivity index (χ2v) is 6.22. The number of hydrogen-bond acceptors (Lipinski definition) is 4. The second-order valence-electron chi connectivity index (χ2n) is 5.46. The molecule has 5 nitrogen and oxygen atoms in total. The first-order valence-corrected chi connectivity index (χ1v) is 8.47. The summed E-state index contributed by atoms with van der Waals surface area (Å²) in [5.74, 6) is -0.603. The highest BCUT2D eigenvalue weighted by Crippen LogP contribution is 2.41. The van der Waals surface area contributed by atoms with E-state index in [1.54, 1.807) is 6.07 Å². The number of rotatable bonds is 4. The van der Waals surface area contributed by atoms with E-state index in [9.17, 15) is 9.18 Å². The van der Waals surface area contributed by atoms with Crippen LogP contribution in [0, 0.1) is 5.82 Å². The molecule has 0 spiro atoms. The lowest BCUT2D eigenvalue weighted by Gasteiger charge is -2.16. The minimum atomic E-state index is -0.737. The lowest BCUT2D eigenvalue weighted by atomic mass is 10.0. The topological polar surface area (TPSA) is 53.4 Å². The summed E-state index contributed by atoms with van der Waals surface area (Å²) in [4.78, 5) is 17.1. The molecule has 0 N–H and O–H groups in total. The quantitative estimate of drug-likeness (QED) is 0.607. The highest BCUT2D eigenvalue weighted by Gasteiger charge is 2.23. The standard InChI is InChI=1S/C18H15Cl2FN2O3/c1-4-23-11-6-14(19)22-8-9(11)5-10(18(23)24)15-16(20)12(25-2)7-13(26-3)17(15)21/h5-8H,4H2,1-3H3. The van der Waals surface area contributed by atoms with Gasteiger partial charge in [-0.3, -0.25) is 4.79 Å². The van der Waals surface area contributed by atoms with Gasteiger partial charge in [-0.15, -0.1) is 0 Å². The van der Waals surface area contributed by atoms with Crippen LogP contribution >= 0.6 is 23.2 Å². The van der Waals surface area contributed by atoms with E-state index >= 15 is 0 Å². The van der Waals surface area contributed by atoms with E-state index in [0.29, 0.717) is 17.4 Å². The van der Waals surface area contributed by atoms with Gasteiger partial charge in [-0.25, -0.2) is 9.37 Å². The SMILES string of the molecule is CCn1c(=O)c(-c2c(F)c(OC)cc(OC)c2Cl)cc2cnc(Cl)cc21. The van der Waals surface area contributed by atoms with Crippen molar-refractivity contribution in [2.45, 2.75) is 13.5 Å². The van der Waals surface area contributed by atoms with Crippen LogP contribution < -0.4 is 15.0 Å². The van der Waals surface area contributed by atoms with Crippen LogP contribution in [0.1, 0.15) is 6.92 Å². The molecular weight excluding hydrogens is 382 g/mol. The van der Waals surface area contributed by atoms with Gasteiger partial charge in [-0.1, -0.05) is 23.2 Å². The van der Waals surface area contributed by atoms with Crippen LogP contribution in [0.15, 0.2) is 29.2 Å². The summed E-state index contributed by atoms with van der Waals surface area (Å²) in [6.45, 7) is 2.17. The Morgan fingerprint density at radius 1 is 1.15 bits per heavy atom. The summed E-state index contributed by atoms with van der Waals surface area (Å²) in [6.07, 6.45) is 1.52. The molecule has 3 aromatic rings. The largest absolute Gasteiger partial charge is 0.495 e. The van der Waals surface area contributed by atoms with E-state index in [2.05, 4.69) is 4.98 Å².